The molecule has 5 nitrogen and oxygen atoms in total. The van der Waals surface area contributed by atoms with E-state index in [1.54, 1.807) is 12.1 Å². The lowest BCUT2D eigenvalue weighted by Gasteiger charge is -2.13. The van der Waals surface area contributed by atoms with Crippen molar-refractivity contribution in [3.63, 3.8) is 0 Å². The van der Waals surface area contributed by atoms with Gasteiger partial charge in [-0.2, -0.15) is 4.98 Å². The summed E-state index contributed by atoms with van der Waals surface area (Å²) in [5.74, 6) is 0.138. The van der Waals surface area contributed by atoms with Crippen LogP contribution in [0.25, 0.3) is 0 Å². The Morgan fingerprint density at radius 3 is 2.75 bits per heavy atom. The molecule has 20 heavy (non-hydrogen) atoms. The monoisotopic (exact) mass is 278 g/mol. The molecule has 1 N–H and O–H groups in total. The molecule has 0 aliphatic rings. The van der Waals surface area contributed by atoms with E-state index in [2.05, 4.69) is 9.97 Å². The van der Waals surface area contributed by atoms with Gasteiger partial charge < -0.3 is 14.6 Å². The number of hydrogen-bond donors (Lipinski definition) is 1. The number of halogens is 1. The van der Waals surface area contributed by atoms with Crippen molar-refractivity contribution >= 4 is 0 Å². The highest BCUT2D eigenvalue weighted by atomic mass is 19.1. The highest BCUT2D eigenvalue weighted by Gasteiger charge is 2.18. The zero-order valence-electron chi connectivity index (χ0n) is 11.2. The quantitative estimate of drug-likeness (QED) is 0.905. The molecule has 0 radical (unpaired) electrons. The normalized spacial score (nSPS) is 12.0. The predicted molar refractivity (Wildman–Crippen MR) is 70.2 cm³/mol. The van der Waals surface area contributed by atoms with E-state index in [4.69, 9.17) is 9.47 Å². The van der Waals surface area contributed by atoms with E-state index in [0.29, 0.717) is 11.4 Å². The Balaban J connectivity index is 2.22. The maximum absolute atomic E-state index is 13.1. The zero-order chi connectivity index (χ0) is 14.5. The van der Waals surface area contributed by atoms with Gasteiger partial charge in [0.25, 0.3) is 0 Å². The van der Waals surface area contributed by atoms with Crippen molar-refractivity contribution in [1.29, 1.82) is 0 Å². The van der Waals surface area contributed by atoms with Gasteiger partial charge in [-0.05, 0) is 17.7 Å². The molecule has 1 atom stereocenters. The lowest BCUT2D eigenvalue weighted by Crippen LogP contribution is -2.08. The summed E-state index contributed by atoms with van der Waals surface area (Å²) in [5, 5.41) is 10.2. The molecule has 0 saturated heterocycles. The summed E-state index contributed by atoms with van der Waals surface area (Å²) in [4.78, 5) is 8.13. The molecule has 0 spiro atoms. The molecular weight excluding hydrogens is 263 g/mol. The molecule has 0 aliphatic carbocycles. The average Bonchev–Trinajstić information content (AvgIpc) is 2.46. The lowest BCUT2D eigenvalue weighted by molar-refractivity contribution is 0.167. The van der Waals surface area contributed by atoms with Gasteiger partial charge in [0, 0.05) is 6.42 Å². The van der Waals surface area contributed by atoms with Crippen LogP contribution >= 0.6 is 0 Å². The van der Waals surface area contributed by atoms with Crippen LogP contribution in [-0.4, -0.2) is 29.3 Å². The molecule has 1 heterocycles. The van der Waals surface area contributed by atoms with Crippen LogP contribution in [0.15, 0.2) is 30.5 Å². The fraction of sp³-hybridized carbons (Fsp3) is 0.286. The molecule has 6 heteroatoms. The Morgan fingerprint density at radius 2 is 2.10 bits per heavy atom. The fourth-order valence-electron chi connectivity index (χ4n) is 1.83. The summed E-state index contributed by atoms with van der Waals surface area (Å²) in [5.41, 5.74) is 0.953. The summed E-state index contributed by atoms with van der Waals surface area (Å²) in [6.07, 6.45) is 0.673. The van der Waals surface area contributed by atoms with Gasteiger partial charge in [0.1, 0.15) is 17.6 Å². The number of nitrogens with zero attached hydrogens (tertiary/aromatic N) is 2. The van der Waals surface area contributed by atoms with E-state index in [1.165, 1.54) is 32.5 Å². The van der Waals surface area contributed by atoms with Gasteiger partial charge in [-0.3, -0.25) is 0 Å². The van der Waals surface area contributed by atoms with Crippen LogP contribution in [0.5, 0.6) is 11.8 Å². The van der Waals surface area contributed by atoms with Gasteiger partial charge in [-0.25, -0.2) is 9.37 Å². The highest BCUT2D eigenvalue weighted by Crippen LogP contribution is 2.25. The zero-order valence-corrected chi connectivity index (χ0v) is 11.2. The minimum atomic E-state index is -0.940. The SMILES string of the molecule is COc1cnc(C(O)Cc2cccc(F)c2)c(OC)n1. The third-order valence-corrected chi connectivity index (χ3v) is 2.78. The van der Waals surface area contributed by atoms with Crippen molar-refractivity contribution in [3.8, 4) is 11.8 Å². The Kier molecular flexibility index (Phi) is 4.47. The van der Waals surface area contributed by atoms with Crippen LogP contribution in [0.3, 0.4) is 0 Å². The number of aliphatic hydroxyl groups excluding tert-OH is 1. The maximum atomic E-state index is 13.1. The molecule has 0 saturated carbocycles. The molecule has 0 bridgehead atoms. The van der Waals surface area contributed by atoms with Gasteiger partial charge in [0.15, 0.2) is 0 Å². The van der Waals surface area contributed by atoms with Gasteiger partial charge in [0.05, 0.1) is 20.4 Å². The minimum Gasteiger partial charge on any atom is -0.480 e. The lowest BCUT2D eigenvalue weighted by atomic mass is 10.1. The maximum Gasteiger partial charge on any atom is 0.241 e. The Bertz CT molecular complexity index is 592. The molecule has 0 amide bonds. The second kappa shape index (κ2) is 6.29. The highest BCUT2D eigenvalue weighted by molar-refractivity contribution is 5.27. The van der Waals surface area contributed by atoms with E-state index in [1.807, 2.05) is 0 Å². The molecule has 106 valence electrons. The fourth-order valence-corrected chi connectivity index (χ4v) is 1.83. The average molecular weight is 278 g/mol. The van der Waals surface area contributed by atoms with E-state index in [9.17, 15) is 9.50 Å². The van der Waals surface area contributed by atoms with Crippen molar-refractivity contribution in [2.24, 2.45) is 0 Å². The first kappa shape index (κ1) is 14.2. The van der Waals surface area contributed by atoms with Crippen LogP contribution in [0.4, 0.5) is 4.39 Å². The number of methoxy groups -OCH3 is 2. The van der Waals surface area contributed by atoms with Crippen LogP contribution in [-0.2, 0) is 6.42 Å². The summed E-state index contributed by atoms with van der Waals surface area (Å²) >= 11 is 0. The number of aromatic nitrogens is 2. The van der Waals surface area contributed by atoms with Gasteiger partial charge in [-0.1, -0.05) is 12.1 Å². The topological polar surface area (TPSA) is 64.5 Å². The molecule has 2 aromatic rings. The molecule has 0 fully saturated rings. The third-order valence-electron chi connectivity index (χ3n) is 2.78. The standard InChI is InChI=1S/C14H15FN2O3/c1-19-12-8-16-13(14(17-12)20-2)11(18)7-9-4-3-5-10(15)6-9/h3-6,8,11,18H,7H2,1-2H3. The van der Waals surface area contributed by atoms with E-state index >= 15 is 0 Å². The predicted octanol–water partition coefficient (Wildman–Crippen LogP) is 1.91. The third kappa shape index (κ3) is 3.21. The van der Waals surface area contributed by atoms with Crippen molar-refractivity contribution in [2.45, 2.75) is 12.5 Å². The van der Waals surface area contributed by atoms with E-state index in [0.717, 1.165) is 0 Å². The van der Waals surface area contributed by atoms with Gasteiger partial charge in [-0.15, -0.1) is 0 Å². The first-order chi connectivity index (χ1) is 9.63. The Hall–Kier alpha value is -2.21. The van der Waals surface area contributed by atoms with Crippen molar-refractivity contribution in [2.75, 3.05) is 14.2 Å². The summed E-state index contributed by atoms with van der Waals surface area (Å²) in [6, 6.07) is 6.04. The van der Waals surface area contributed by atoms with Crippen LogP contribution < -0.4 is 9.47 Å². The van der Waals surface area contributed by atoms with Crippen LogP contribution in [0.1, 0.15) is 17.4 Å². The molecule has 1 unspecified atom stereocenters. The molecule has 1 aromatic heterocycles. The molecular formula is C14H15FN2O3. The second-order valence-electron chi connectivity index (χ2n) is 4.16. The van der Waals surface area contributed by atoms with Crippen LogP contribution in [0.2, 0.25) is 0 Å². The largest absolute Gasteiger partial charge is 0.480 e. The Morgan fingerprint density at radius 1 is 1.30 bits per heavy atom. The molecule has 1 aromatic carbocycles. The number of hydrogen-bond acceptors (Lipinski definition) is 5. The first-order valence-electron chi connectivity index (χ1n) is 6.01. The van der Waals surface area contributed by atoms with Gasteiger partial charge in [0.2, 0.25) is 11.8 Å². The summed E-state index contributed by atoms with van der Waals surface area (Å²) in [6.45, 7) is 0. The first-order valence-corrected chi connectivity index (χ1v) is 6.01. The summed E-state index contributed by atoms with van der Waals surface area (Å²) in [7, 11) is 2.90. The minimum absolute atomic E-state index is 0.188. The van der Waals surface area contributed by atoms with Gasteiger partial charge >= 0.3 is 0 Å². The van der Waals surface area contributed by atoms with Crippen molar-refractivity contribution < 1.29 is 19.0 Å². The molecule has 2 rings (SSSR count). The number of rotatable bonds is 5. The summed E-state index contributed by atoms with van der Waals surface area (Å²) < 4.78 is 23.1. The van der Waals surface area contributed by atoms with Crippen molar-refractivity contribution in [3.05, 3.63) is 47.5 Å². The number of benzene rings is 1. The second-order valence-corrected chi connectivity index (χ2v) is 4.16. The smallest absolute Gasteiger partial charge is 0.241 e. The van der Waals surface area contributed by atoms with E-state index in [-0.39, 0.29) is 23.8 Å². The number of aliphatic hydroxyl groups is 1. The Labute approximate surface area is 116 Å². The van der Waals surface area contributed by atoms with E-state index < -0.39 is 6.10 Å². The molecule has 0 aliphatic heterocycles. The van der Waals surface area contributed by atoms with Crippen molar-refractivity contribution in [1.82, 2.24) is 9.97 Å². The number of ether oxygens (including phenoxy) is 2. The van der Waals surface area contributed by atoms with Crippen LogP contribution in [0, 0.1) is 5.82 Å².